The van der Waals surface area contributed by atoms with Gasteiger partial charge < -0.3 is 0 Å². The third kappa shape index (κ3) is 1.99. The first-order valence-corrected chi connectivity index (χ1v) is 5.81. The van der Waals surface area contributed by atoms with Gasteiger partial charge in [0.1, 0.15) is 5.69 Å². The average molecular weight is 220 g/mol. The van der Waals surface area contributed by atoms with Crippen molar-refractivity contribution in [1.82, 2.24) is 9.78 Å². The van der Waals surface area contributed by atoms with Crippen molar-refractivity contribution in [2.45, 2.75) is 19.9 Å². The smallest absolute Gasteiger partial charge is 0.220 e. The molecule has 0 aliphatic rings. The van der Waals surface area contributed by atoms with Crippen molar-refractivity contribution in [3.05, 3.63) is 40.3 Å². The van der Waals surface area contributed by atoms with Gasteiger partial charge in [-0.3, -0.25) is 9.48 Å². The van der Waals surface area contributed by atoms with Gasteiger partial charge in [0.15, 0.2) is 0 Å². The van der Waals surface area contributed by atoms with Crippen LogP contribution in [0.15, 0.2) is 29.8 Å². The van der Waals surface area contributed by atoms with E-state index in [2.05, 4.69) is 12.0 Å². The van der Waals surface area contributed by atoms with Gasteiger partial charge in [-0.15, -0.1) is 11.3 Å². The Morgan fingerprint density at radius 2 is 2.40 bits per heavy atom. The first-order chi connectivity index (χ1) is 7.33. The minimum atomic E-state index is 0.0657. The first-order valence-electron chi connectivity index (χ1n) is 4.93. The third-order valence-corrected chi connectivity index (χ3v) is 3.00. The second-order valence-electron chi connectivity index (χ2n) is 3.25. The second-order valence-corrected chi connectivity index (χ2v) is 4.19. The average Bonchev–Trinajstić information content (AvgIpc) is 2.87. The number of ketones is 1. The molecule has 2 aromatic heterocycles. The van der Waals surface area contributed by atoms with Crippen molar-refractivity contribution in [1.29, 1.82) is 0 Å². The number of nitrogens with zero attached hydrogens (tertiary/aromatic N) is 2. The lowest BCUT2D eigenvalue weighted by Gasteiger charge is -2.03. The van der Waals surface area contributed by atoms with Crippen LogP contribution in [0.3, 0.4) is 0 Å². The van der Waals surface area contributed by atoms with Gasteiger partial charge in [0.2, 0.25) is 5.78 Å². The SMILES string of the molecule is CCCn1nccc1C(=O)c1cccs1. The Labute approximate surface area is 92.4 Å². The van der Waals surface area contributed by atoms with E-state index in [0.29, 0.717) is 5.69 Å². The molecular formula is C11H12N2OS. The minimum absolute atomic E-state index is 0.0657. The van der Waals surface area contributed by atoms with Crippen molar-refractivity contribution in [3.8, 4) is 0 Å². The predicted molar refractivity (Wildman–Crippen MR) is 60.3 cm³/mol. The summed E-state index contributed by atoms with van der Waals surface area (Å²) >= 11 is 1.47. The summed E-state index contributed by atoms with van der Waals surface area (Å²) in [5.74, 6) is 0.0657. The van der Waals surface area contributed by atoms with E-state index in [4.69, 9.17) is 0 Å². The topological polar surface area (TPSA) is 34.9 Å². The number of aryl methyl sites for hydroxylation is 1. The Morgan fingerprint density at radius 1 is 1.53 bits per heavy atom. The molecular weight excluding hydrogens is 208 g/mol. The fourth-order valence-electron chi connectivity index (χ4n) is 1.45. The lowest BCUT2D eigenvalue weighted by molar-refractivity contribution is 0.103. The van der Waals surface area contributed by atoms with Gasteiger partial charge >= 0.3 is 0 Å². The molecule has 0 unspecified atom stereocenters. The number of aromatic nitrogens is 2. The summed E-state index contributed by atoms with van der Waals surface area (Å²) in [4.78, 5) is 12.8. The zero-order chi connectivity index (χ0) is 10.7. The maximum Gasteiger partial charge on any atom is 0.220 e. The largest absolute Gasteiger partial charge is 0.286 e. The molecule has 0 aliphatic carbocycles. The summed E-state index contributed by atoms with van der Waals surface area (Å²) in [6.07, 6.45) is 2.66. The highest BCUT2D eigenvalue weighted by Crippen LogP contribution is 2.14. The first kappa shape index (κ1) is 10.1. The van der Waals surface area contributed by atoms with Crippen molar-refractivity contribution >= 4 is 17.1 Å². The molecule has 2 aromatic rings. The maximum atomic E-state index is 12.0. The maximum absolute atomic E-state index is 12.0. The number of hydrogen-bond donors (Lipinski definition) is 0. The highest BCUT2D eigenvalue weighted by atomic mass is 32.1. The molecule has 0 amide bonds. The Balaban J connectivity index is 2.29. The van der Waals surface area contributed by atoms with Crippen molar-refractivity contribution < 1.29 is 4.79 Å². The lowest BCUT2D eigenvalue weighted by atomic mass is 10.2. The van der Waals surface area contributed by atoms with E-state index >= 15 is 0 Å². The monoisotopic (exact) mass is 220 g/mol. The Bertz CT molecular complexity index is 445. The van der Waals surface area contributed by atoms with E-state index in [1.807, 2.05) is 17.5 Å². The Kier molecular flexibility index (Phi) is 2.97. The number of hydrogen-bond acceptors (Lipinski definition) is 3. The molecule has 2 heterocycles. The zero-order valence-corrected chi connectivity index (χ0v) is 9.33. The fraction of sp³-hybridized carbons (Fsp3) is 0.273. The normalized spacial score (nSPS) is 10.5. The highest BCUT2D eigenvalue weighted by molar-refractivity contribution is 7.12. The van der Waals surface area contributed by atoms with Crippen LogP contribution in [0.5, 0.6) is 0 Å². The van der Waals surface area contributed by atoms with Gasteiger partial charge in [0, 0.05) is 12.7 Å². The van der Waals surface area contributed by atoms with Crippen LogP contribution in [0.1, 0.15) is 28.7 Å². The minimum Gasteiger partial charge on any atom is -0.286 e. The number of carbonyl (C=O) groups excluding carboxylic acids is 1. The molecule has 0 bridgehead atoms. The lowest BCUT2D eigenvalue weighted by Crippen LogP contribution is -2.10. The van der Waals surface area contributed by atoms with Gasteiger partial charge in [-0.2, -0.15) is 5.10 Å². The van der Waals surface area contributed by atoms with Crippen LogP contribution in [0.2, 0.25) is 0 Å². The third-order valence-electron chi connectivity index (χ3n) is 2.13. The number of rotatable bonds is 4. The zero-order valence-electron chi connectivity index (χ0n) is 8.51. The van der Waals surface area contributed by atoms with Crippen molar-refractivity contribution in [2.75, 3.05) is 0 Å². The van der Waals surface area contributed by atoms with Gasteiger partial charge in [0.05, 0.1) is 4.88 Å². The van der Waals surface area contributed by atoms with E-state index in [-0.39, 0.29) is 5.78 Å². The van der Waals surface area contributed by atoms with Crippen LogP contribution in [-0.2, 0) is 6.54 Å². The van der Waals surface area contributed by atoms with Gasteiger partial charge in [-0.1, -0.05) is 13.0 Å². The fourth-order valence-corrected chi connectivity index (χ4v) is 2.12. The van der Waals surface area contributed by atoms with E-state index in [1.54, 1.807) is 16.9 Å². The standard InChI is InChI=1S/C11H12N2OS/c1-2-7-13-9(5-6-12-13)11(14)10-4-3-8-15-10/h3-6,8H,2,7H2,1H3. The molecule has 2 rings (SSSR count). The molecule has 78 valence electrons. The van der Waals surface area contributed by atoms with Crippen LogP contribution in [0, 0.1) is 0 Å². The Morgan fingerprint density at radius 3 is 3.07 bits per heavy atom. The number of carbonyl (C=O) groups is 1. The predicted octanol–water partition coefficient (Wildman–Crippen LogP) is 2.59. The van der Waals surface area contributed by atoms with Crippen LogP contribution in [0.4, 0.5) is 0 Å². The molecule has 0 N–H and O–H groups in total. The summed E-state index contributed by atoms with van der Waals surface area (Å²) in [6, 6.07) is 5.51. The Hall–Kier alpha value is -1.42. The molecule has 0 fully saturated rings. The molecule has 0 spiro atoms. The summed E-state index contributed by atoms with van der Waals surface area (Å²) < 4.78 is 1.77. The van der Waals surface area contributed by atoms with E-state index in [9.17, 15) is 4.79 Å². The highest BCUT2D eigenvalue weighted by Gasteiger charge is 2.14. The molecule has 0 aromatic carbocycles. The van der Waals surface area contributed by atoms with Gasteiger partial charge in [-0.25, -0.2) is 0 Å². The van der Waals surface area contributed by atoms with Gasteiger partial charge in [-0.05, 0) is 23.9 Å². The molecule has 3 nitrogen and oxygen atoms in total. The quantitative estimate of drug-likeness (QED) is 0.742. The molecule has 0 atom stereocenters. The summed E-state index contributed by atoms with van der Waals surface area (Å²) in [5.41, 5.74) is 0.680. The molecule has 0 saturated heterocycles. The summed E-state index contributed by atoms with van der Waals surface area (Å²) in [5, 5.41) is 6.05. The molecule has 0 radical (unpaired) electrons. The van der Waals surface area contributed by atoms with Crippen LogP contribution >= 0.6 is 11.3 Å². The van der Waals surface area contributed by atoms with E-state index in [0.717, 1.165) is 17.8 Å². The molecule has 0 aliphatic heterocycles. The van der Waals surface area contributed by atoms with Crippen LogP contribution < -0.4 is 0 Å². The van der Waals surface area contributed by atoms with Crippen LogP contribution in [-0.4, -0.2) is 15.6 Å². The second kappa shape index (κ2) is 4.40. The summed E-state index contributed by atoms with van der Waals surface area (Å²) in [6.45, 7) is 2.86. The van der Waals surface area contributed by atoms with Crippen LogP contribution in [0.25, 0.3) is 0 Å². The molecule has 4 heteroatoms. The van der Waals surface area contributed by atoms with Gasteiger partial charge in [0.25, 0.3) is 0 Å². The summed E-state index contributed by atoms with van der Waals surface area (Å²) in [7, 11) is 0. The number of thiophene rings is 1. The molecule has 15 heavy (non-hydrogen) atoms. The molecule has 0 saturated carbocycles. The van der Waals surface area contributed by atoms with E-state index in [1.165, 1.54) is 11.3 Å². The van der Waals surface area contributed by atoms with Crippen molar-refractivity contribution in [2.24, 2.45) is 0 Å². The van der Waals surface area contributed by atoms with Crippen molar-refractivity contribution in [3.63, 3.8) is 0 Å². The van der Waals surface area contributed by atoms with E-state index < -0.39 is 0 Å².